The Kier molecular flexibility index (Phi) is 5.86. The second kappa shape index (κ2) is 8.49. The zero-order valence-electron chi connectivity index (χ0n) is 14.2. The number of hydrogen-bond donors (Lipinski definition) is 1. The van der Waals surface area contributed by atoms with Crippen LogP contribution in [0, 0.1) is 0 Å². The molecule has 25 heavy (non-hydrogen) atoms. The minimum atomic E-state index is -0.0489. The maximum absolute atomic E-state index is 12.3. The first kappa shape index (κ1) is 17.2. The summed E-state index contributed by atoms with van der Waals surface area (Å²) in [6.07, 6.45) is 5.43. The Morgan fingerprint density at radius 2 is 1.96 bits per heavy atom. The molecule has 0 aromatic heterocycles. The lowest BCUT2D eigenvalue weighted by Crippen LogP contribution is -2.34. The summed E-state index contributed by atoms with van der Waals surface area (Å²) in [4.78, 5) is 14.0. The van der Waals surface area contributed by atoms with Crippen molar-refractivity contribution in [1.82, 2.24) is 4.90 Å². The van der Waals surface area contributed by atoms with E-state index in [1.807, 2.05) is 54.6 Å². The van der Waals surface area contributed by atoms with Gasteiger partial charge in [-0.1, -0.05) is 42.5 Å². The van der Waals surface area contributed by atoms with Crippen LogP contribution in [0.1, 0.15) is 24.0 Å². The van der Waals surface area contributed by atoms with Crippen LogP contribution in [0.2, 0.25) is 0 Å². The molecule has 1 amide bonds. The highest BCUT2D eigenvalue weighted by atomic mass is 16.5. The Balaban J connectivity index is 1.59. The third-order valence-electron chi connectivity index (χ3n) is 4.14. The van der Waals surface area contributed by atoms with Crippen molar-refractivity contribution >= 4 is 12.0 Å². The lowest BCUT2D eigenvalue weighted by atomic mass is 10.2. The monoisotopic (exact) mass is 337 g/mol. The van der Waals surface area contributed by atoms with Crippen LogP contribution >= 0.6 is 0 Å². The summed E-state index contributed by atoms with van der Waals surface area (Å²) in [5, 5.41) is 9.10. The number of benzene rings is 2. The van der Waals surface area contributed by atoms with Crippen LogP contribution < -0.4 is 4.74 Å². The van der Waals surface area contributed by atoms with Crippen molar-refractivity contribution in [2.45, 2.75) is 25.5 Å². The predicted octanol–water partition coefficient (Wildman–Crippen LogP) is 3.26. The molecule has 4 nitrogen and oxygen atoms in total. The Morgan fingerprint density at radius 1 is 1.16 bits per heavy atom. The molecule has 1 N–H and O–H groups in total. The van der Waals surface area contributed by atoms with Crippen molar-refractivity contribution in [3.63, 3.8) is 0 Å². The van der Waals surface area contributed by atoms with Gasteiger partial charge in [-0.25, -0.2) is 0 Å². The lowest BCUT2D eigenvalue weighted by molar-refractivity contribution is -0.127. The molecule has 130 valence electrons. The second-order valence-corrected chi connectivity index (χ2v) is 6.17. The molecule has 0 bridgehead atoms. The first-order valence-electron chi connectivity index (χ1n) is 8.62. The number of carbonyl (C=O) groups excluding carboxylic acids is 1. The molecule has 4 heteroatoms. The highest BCUT2D eigenvalue weighted by molar-refractivity contribution is 5.92. The summed E-state index contributed by atoms with van der Waals surface area (Å²) < 4.78 is 5.81. The Labute approximate surface area is 148 Å². The maximum atomic E-state index is 12.3. The summed E-state index contributed by atoms with van der Waals surface area (Å²) in [7, 11) is 0. The molecule has 1 saturated carbocycles. The van der Waals surface area contributed by atoms with Gasteiger partial charge in [-0.3, -0.25) is 4.79 Å². The highest BCUT2D eigenvalue weighted by Gasteiger charge is 2.30. The zero-order valence-corrected chi connectivity index (χ0v) is 14.2. The highest BCUT2D eigenvalue weighted by Crippen LogP contribution is 2.27. The molecule has 0 spiro atoms. The number of ether oxygens (including phenoxy) is 1. The summed E-state index contributed by atoms with van der Waals surface area (Å²) >= 11 is 0. The van der Waals surface area contributed by atoms with Crippen LogP contribution in [0.25, 0.3) is 6.08 Å². The van der Waals surface area contributed by atoms with E-state index in [9.17, 15) is 4.79 Å². The van der Waals surface area contributed by atoms with E-state index < -0.39 is 0 Å². The number of nitrogens with zero attached hydrogens (tertiary/aromatic N) is 1. The first-order valence-corrected chi connectivity index (χ1v) is 8.62. The molecule has 1 aliphatic carbocycles. The molecule has 0 heterocycles. The van der Waals surface area contributed by atoms with E-state index in [-0.39, 0.29) is 12.5 Å². The van der Waals surface area contributed by atoms with Crippen molar-refractivity contribution in [3.05, 3.63) is 71.8 Å². The van der Waals surface area contributed by atoms with Gasteiger partial charge in [0.2, 0.25) is 5.91 Å². The first-order chi connectivity index (χ1) is 12.3. The summed E-state index contributed by atoms with van der Waals surface area (Å²) in [6, 6.07) is 18.0. The molecule has 3 rings (SSSR count). The Bertz CT molecular complexity index is 723. The van der Waals surface area contributed by atoms with Gasteiger partial charge in [0.05, 0.1) is 6.61 Å². The number of hydrogen-bond acceptors (Lipinski definition) is 3. The van der Waals surface area contributed by atoms with Crippen molar-refractivity contribution in [1.29, 1.82) is 0 Å². The van der Waals surface area contributed by atoms with E-state index in [2.05, 4.69) is 0 Å². The van der Waals surface area contributed by atoms with Gasteiger partial charge in [0.25, 0.3) is 0 Å². The molecule has 0 unspecified atom stereocenters. The van der Waals surface area contributed by atoms with Gasteiger partial charge in [0, 0.05) is 18.7 Å². The number of rotatable bonds is 8. The molecule has 1 aliphatic rings. The van der Waals surface area contributed by atoms with Gasteiger partial charge in [-0.2, -0.15) is 0 Å². The van der Waals surface area contributed by atoms with Crippen LogP contribution in [-0.4, -0.2) is 35.1 Å². The standard InChI is InChI=1S/C21H23NO3/c23-14-13-22(19-10-11-19)21(24)12-9-17-7-4-8-20(15-17)25-16-18-5-2-1-3-6-18/h1-9,12,15,19,23H,10-11,13-14,16H2/b12-9+. The third-order valence-corrected chi connectivity index (χ3v) is 4.14. The minimum Gasteiger partial charge on any atom is -0.489 e. The zero-order chi connectivity index (χ0) is 17.5. The minimum absolute atomic E-state index is 0.00110. The number of aliphatic hydroxyl groups is 1. The summed E-state index contributed by atoms with van der Waals surface area (Å²) in [5.74, 6) is 0.722. The van der Waals surface area contributed by atoms with Crippen molar-refractivity contribution in [2.75, 3.05) is 13.2 Å². The average Bonchev–Trinajstić information content (AvgIpc) is 3.49. The Morgan fingerprint density at radius 3 is 2.68 bits per heavy atom. The second-order valence-electron chi connectivity index (χ2n) is 6.17. The molecule has 0 atom stereocenters. The summed E-state index contributed by atoms with van der Waals surface area (Å²) in [6.45, 7) is 0.909. The van der Waals surface area contributed by atoms with Crippen LogP contribution in [0.5, 0.6) is 5.75 Å². The predicted molar refractivity (Wildman–Crippen MR) is 98.1 cm³/mol. The van der Waals surface area contributed by atoms with Crippen molar-refractivity contribution < 1.29 is 14.6 Å². The molecule has 0 radical (unpaired) electrons. The van der Waals surface area contributed by atoms with Crippen molar-refractivity contribution in [2.24, 2.45) is 0 Å². The van der Waals surface area contributed by atoms with Crippen LogP contribution in [0.3, 0.4) is 0 Å². The van der Waals surface area contributed by atoms with Gasteiger partial charge in [0.15, 0.2) is 0 Å². The van der Waals surface area contributed by atoms with E-state index >= 15 is 0 Å². The normalized spacial score (nSPS) is 13.8. The van der Waals surface area contributed by atoms with Crippen LogP contribution in [0.15, 0.2) is 60.7 Å². The van der Waals surface area contributed by atoms with E-state index in [1.54, 1.807) is 17.1 Å². The van der Waals surface area contributed by atoms with Gasteiger partial charge >= 0.3 is 0 Å². The number of amides is 1. The molecule has 2 aromatic rings. The lowest BCUT2D eigenvalue weighted by Gasteiger charge is -2.19. The topological polar surface area (TPSA) is 49.8 Å². The van der Waals surface area contributed by atoms with E-state index in [1.165, 1.54) is 0 Å². The third kappa shape index (κ3) is 5.19. The molecular weight excluding hydrogens is 314 g/mol. The van der Waals surface area contributed by atoms with Crippen LogP contribution in [-0.2, 0) is 11.4 Å². The average molecular weight is 337 g/mol. The molecule has 1 fully saturated rings. The molecule has 0 saturated heterocycles. The fourth-order valence-electron chi connectivity index (χ4n) is 2.68. The van der Waals surface area contributed by atoms with E-state index in [0.29, 0.717) is 19.2 Å². The molecule has 0 aliphatic heterocycles. The summed E-state index contributed by atoms with van der Waals surface area (Å²) in [5.41, 5.74) is 2.03. The largest absolute Gasteiger partial charge is 0.489 e. The number of carbonyl (C=O) groups is 1. The smallest absolute Gasteiger partial charge is 0.246 e. The number of aliphatic hydroxyl groups excluding tert-OH is 1. The van der Waals surface area contributed by atoms with Gasteiger partial charge in [-0.15, -0.1) is 0 Å². The van der Waals surface area contributed by atoms with E-state index in [0.717, 1.165) is 29.7 Å². The fourth-order valence-corrected chi connectivity index (χ4v) is 2.68. The van der Waals surface area contributed by atoms with Gasteiger partial charge < -0.3 is 14.7 Å². The molecular formula is C21H23NO3. The van der Waals surface area contributed by atoms with Gasteiger partial charge in [-0.05, 0) is 42.2 Å². The fraction of sp³-hybridized carbons (Fsp3) is 0.286. The van der Waals surface area contributed by atoms with Gasteiger partial charge in [0.1, 0.15) is 12.4 Å². The Hall–Kier alpha value is -2.59. The van der Waals surface area contributed by atoms with Crippen molar-refractivity contribution in [3.8, 4) is 5.75 Å². The maximum Gasteiger partial charge on any atom is 0.246 e. The quantitative estimate of drug-likeness (QED) is 0.752. The van der Waals surface area contributed by atoms with Crippen LogP contribution in [0.4, 0.5) is 0 Å². The van der Waals surface area contributed by atoms with E-state index in [4.69, 9.17) is 9.84 Å². The molecule has 2 aromatic carbocycles. The SMILES string of the molecule is O=C(/C=C/c1cccc(OCc2ccccc2)c1)N(CCO)C1CC1.